The predicted octanol–water partition coefficient (Wildman–Crippen LogP) is 2.76. The molecule has 0 aliphatic rings. The molecule has 0 spiro atoms. The molecule has 4 nitrogen and oxygen atoms in total. The summed E-state index contributed by atoms with van der Waals surface area (Å²) >= 11 is 0. The van der Waals surface area contributed by atoms with Crippen molar-refractivity contribution in [3.63, 3.8) is 0 Å². The summed E-state index contributed by atoms with van der Waals surface area (Å²) in [7, 11) is 3.34. The van der Waals surface area contributed by atoms with Gasteiger partial charge < -0.3 is 20.9 Å². The molecule has 0 amide bonds. The van der Waals surface area contributed by atoms with Crippen LogP contribution in [-0.2, 0) is 0 Å². The minimum atomic E-state index is -0.0656. The molecule has 2 aromatic carbocycles. The molecule has 0 fully saturated rings. The van der Waals surface area contributed by atoms with Crippen molar-refractivity contribution in [2.24, 2.45) is 17.4 Å². The summed E-state index contributed by atoms with van der Waals surface area (Å²) < 4.78 is 10.5. The fraction of sp³-hybridized carbons (Fsp3) is 0.368. The predicted molar refractivity (Wildman–Crippen MR) is 94.0 cm³/mol. The number of ether oxygens (including phenoxy) is 2. The van der Waals surface area contributed by atoms with Crippen molar-refractivity contribution in [2.45, 2.75) is 18.9 Å². The van der Waals surface area contributed by atoms with E-state index in [0.29, 0.717) is 6.54 Å². The van der Waals surface area contributed by atoms with E-state index in [2.05, 4.69) is 31.2 Å². The number of hydrogen-bond donors (Lipinski definition) is 2. The van der Waals surface area contributed by atoms with Crippen LogP contribution in [0.3, 0.4) is 0 Å². The number of nitrogens with two attached hydrogens (primary N) is 2. The molecule has 4 heteroatoms. The first kappa shape index (κ1) is 17.3. The summed E-state index contributed by atoms with van der Waals surface area (Å²) in [5.74, 6) is 2.07. The molecule has 0 aromatic heterocycles. The van der Waals surface area contributed by atoms with Gasteiger partial charge in [-0.3, -0.25) is 0 Å². The lowest BCUT2D eigenvalue weighted by atomic mass is 9.78. The van der Waals surface area contributed by atoms with Crippen LogP contribution < -0.4 is 20.9 Å². The van der Waals surface area contributed by atoms with E-state index in [4.69, 9.17) is 20.9 Å². The zero-order valence-electron chi connectivity index (χ0n) is 14.0. The largest absolute Gasteiger partial charge is 0.497 e. The number of methoxy groups -OCH3 is 2. The van der Waals surface area contributed by atoms with Gasteiger partial charge in [0.2, 0.25) is 0 Å². The van der Waals surface area contributed by atoms with Crippen LogP contribution in [0.2, 0.25) is 0 Å². The monoisotopic (exact) mass is 314 g/mol. The van der Waals surface area contributed by atoms with Crippen LogP contribution in [0.25, 0.3) is 0 Å². The summed E-state index contributed by atoms with van der Waals surface area (Å²) in [6.45, 7) is 2.61. The molecule has 0 aliphatic heterocycles. The van der Waals surface area contributed by atoms with Gasteiger partial charge in [0.15, 0.2) is 0 Å². The van der Waals surface area contributed by atoms with Gasteiger partial charge in [0.25, 0.3) is 0 Å². The van der Waals surface area contributed by atoms with Crippen LogP contribution in [0.4, 0.5) is 0 Å². The molecule has 0 aliphatic carbocycles. The number of hydrogen-bond acceptors (Lipinski definition) is 4. The Bertz CT molecular complexity index is 548. The van der Waals surface area contributed by atoms with Gasteiger partial charge in [-0.25, -0.2) is 0 Å². The molecule has 2 atom stereocenters. The molecular weight excluding hydrogens is 288 g/mol. The van der Waals surface area contributed by atoms with Gasteiger partial charge in [-0.1, -0.05) is 31.2 Å². The molecule has 4 N–H and O–H groups in total. The third kappa shape index (κ3) is 4.03. The third-order valence-electron chi connectivity index (χ3n) is 4.42. The van der Waals surface area contributed by atoms with Crippen molar-refractivity contribution in [2.75, 3.05) is 20.8 Å². The zero-order valence-corrected chi connectivity index (χ0v) is 14.0. The summed E-state index contributed by atoms with van der Waals surface area (Å²) in [5, 5.41) is 0. The van der Waals surface area contributed by atoms with Gasteiger partial charge in [0, 0.05) is 18.5 Å². The summed E-state index contributed by atoms with van der Waals surface area (Å²) in [6, 6.07) is 16.2. The standard InChI is InChI=1S/C19H26N2O2/c1-13(18(21)12-20)19(14-4-8-16(22-2)9-5-14)15-6-10-17(23-3)11-7-15/h4-11,13,18-19H,12,20-21H2,1-3H3. The van der Waals surface area contributed by atoms with Gasteiger partial charge in [0.05, 0.1) is 14.2 Å². The van der Waals surface area contributed by atoms with Crippen LogP contribution in [0.1, 0.15) is 24.0 Å². The van der Waals surface area contributed by atoms with E-state index >= 15 is 0 Å². The summed E-state index contributed by atoms with van der Waals surface area (Å²) in [4.78, 5) is 0. The molecule has 0 saturated carbocycles. The van der Waals surface area contributed by atoms with Crippen LogP contribution in [0.5, 0.6) is 11.5 Å². The fourth-order valence-corrected chi connectivity index (χ4v) is 2.88. The SMILES string of the molecule is COc1ccc(C(c2ccc(OC)cc2)C(C)C(N)CN)cc1. The molecule has 2 unspecified atom stereocenters. The highest BCUT2D eigenvalue weighted by Crippen LogP contribution is 2.35. The van der Waals surface area contributed by atoms with Crippen LogP contribution >= 0.6 is 0 Å². The Labute approximate surface area is 138 Å². The second-order valence-corrected chi connectivity index (χ2v) is 5.78. The van der Waals surface area contributed by atoms with E-state index in [1.54, 1.807) is 14.2 Å². The molecule has 2 aromatic rings. The van der Waals surface area contributed by atoms with Crippen LogP contribution in [0, 0.1) is 5.92 Å². The Morgan fingerprint density at radius 2 is 1.22 bits per heavy atom. The van der Waals surface area contributed by atoms with Gasteiger partial charge in [0.1, 0.15) is 11.5 Å². The molecule has 2 rings (SSSR count). The Morgan fingerprint density at radius 1 is 0.826 bits per heavy atom. The Hall–Kier alpha value is -2.04. The number of rotatable bonds is 7. The van der Waals surface area contributed by atoms with Crippen molar-refractivity contribution >= 4 is 0 Å². The van der Waals surface area contributed by atoms with E-state index in [1.165, 1.54) is 11.1 Å². The topological polar surface area (TPSA) is 70.5 Å². The lowest BCUT2D eigenvalue weighted by Crippen LogP contribution is -2.39. The molecule has 0 radical (unpaired) electrons. The average Bonchev–Trinajstić information content (AvgIpc) is 2.62. The van der Waals surface area contributed by atoms with E-state index in [9.17, 15) is 0 Å². The summed E-state index contributed by atoms with van der Waals surface area (Å²) in [6.07, 6.45) is 0. The first-order chi connectivity index (χ1) is 11.1. The first-order valence-electron chi connectivity index (χ1n) is 7.84. The minimum Gasteiger partial charge on any atom is -0.497 e. The van der Waals surface area contributed by atoms with E-state index in [-0.39, 0.29) is 17.9 Å². The second kappa shape index (κ2) is 7.99. The van der Waals surface area contributed by atoms with Crippen LogP contribution in [-0.4, -0.2) is 26.8 Å². The lowest BCUT2D eigenvalue weighted by molar-refractivity contribution is 0.407. The highest BCUT2D eigenvalue weighted by atomic mass is 16.5. The molecule has 0 saturated heterocycles. The smallest absolute Gasteiger partial charge is 0.118 e. The van der Waals surface area contributed by atoms with Crippen molar-refractivity contribution in [3.05, 3.63) is 59.7 Å². The second-order valence-electron chi connectivity index (χ2n) is 5.78. The maximum absolute atomic E-state index is 6.23. The normalized spacial score (nSPS) is 13.7. The van der Waals surface area contributed by atoms with E-state index in [0.717, 1.165) is 11.5 Å². The van der Waals surface area contributed by atoms with Gasteiger partial charge >= 0.3 is 0 Å². The maximum atomic E-state index is 6.23. The maximum Gasteiger partial charge on any atom is 0.118 e. The average molecular weight is 314 g/mol. The first-order valence-corrected chi connectivity index (χ1v) is 7.84. The highest BCUT2D eigenvalue weighted by molar-refractivity contribution is 5.39. The van der Waals surface area contributed by atoms with E-state index in [1.807, 2.05) is 24.3 Å². The molecule has 0 heterocycles. The number of benzene rings is 2. The molecule has 124 valence electrons. The molecule has 23 heavy (non-hydrogen) atoms. The van der Waals surface area contributed by atoms with Crippen molar-refractivity contribution in [1.82, 2.24) is 0 Å². The van der Waals surface area contributed by atoms with Crippen molar-refractivity contribution in [3.8, 4) is 11.5 Å². The lowest BCUT2D eigenvalue weighted by Gasteiger charge is -2.29. The molecular formula is C19H26N2O2. The fourth-order valence-electron chi connectivity index (χ4n) is 2.88. The Balaban J connectivity index is 2.40. The zero-order chi connectivity index (χ0) is 16.8. The summed E-state index contributed by atoms with van der Waals surface area (Å²) in [5.41, 5.74) is 14.4. The third-order valence-corrected chi connectivity index (χ3v) is 4.42. The Morgan fingerprint density at radius 3 is 1.52 bits per heavy atom. The van der Waals surface area contributed by atoms with Crippen molar-refractivity contribution < 1.29 is 9.47 Å². The molecule has 0 bridgehead atoms. The minimum absolute atomic E-state index is 0.0656. The van der Waals surface area contributed by atoms with E-state index < -0.39 is 0 Å². The quantitative estimate of drug-likeness (QED) is 0.824. The van der Waals surface area contributed by atoms with Crippen molar-refractivity contribution in [1.29, 1.82) is 0 Å². The van der Waals surface area contributed by atoms with Gasteiger partial charge in [-0.15, -0.1) is 0 Å². The van der Waals surface area contributed by atoms with Gasteiger partial charge in [-0.2, -0.15) is 0 Å². The highest BCUT2D eigenvalue weighted by Gasteiger charge is 2.25. The van der Waals surface area contributed by atoms with Gasteiger partial charge in [-0.05, 0) is 41.3 Å². The Kier molecular flexibility index (Phi) is 6.02. The van der Waals surface area contributed by atoms with Crippen LogP contribution in [0.15, 0.2) is 48.5 Å².